The van der Waals surface area contributed by atoms with E-state index in [-0.39, 0.29) is 17.2 Å². The second kappa shape index (κ2) is 10.8. The molecule has 0 saturated heterocycles. The fourth-order valence-corrected chi connectivity index (χ4v) is 6.55. The van der Waals surface area contributed by atoms with Gasteiger partial charge in [-0.1, -0.05) is 58.7 Å². The summed E-state index contributed by atoms with van der Waals surface area (Å²) in [6, 6.07) is 12.8. The average Bonchev–Trinajstić information content (AvgIpc) is 3.24. The molecule has 2 aromatic heterocycles. The van der Waals surface area contributed by atoms with Crippen molar-refractivity contribution in [3.63, 3.8) is 0 Å². The number of aryl methyl sites for hydroxylation is 3. The van der Waals surface area contributed by atoms with Gasteiger partial charge in [0.05, 0.1) is 33.1 Å². The van der Waals surface area contributed by atoms with Gasteiger partial charge in [-0.15, -0.1) is 11.3 Å². The summed E-state index contributed by atoms with van der Waals surface area (Å²) < 4.78 is 1.63. The molecule has 10 heteroatoms. The monoisotopic (exact) mass is 556 g/mol. The molecule has 5 rings (SSSR count). The minimum Gasteiger partial charge on any atom is -0.272 e. The van der Waals surface area contributed by atoms with Crippen LogP contribution in [0.3, 0.4) is 0 Å². The van der Waals surface area contributed by atoms with Crippen molar-refractivity contribution in [2.75, 3.05) is 5.75 Å². The molecular formula is C26H22Cl2N4O2S2. The predicted octanol–water partition coefficient (Wildman–Crippen LogP) is 6.18. The number of rotatable bonds is 6. The first-order valence-electron chi connectivity index (χ1n) is 11.4. The minimum absolute atomic E-state index is 0.0492. The van der Waals surface area contributed by atoms with Gasteiger partial charge in [-0.25, -0.2) is 10.4 Å². The standard InChI is InChI=1S/C26H22Cl2N4O2S2/c1-15-6-9-17(10-7-15)32-25(34)23-18-4-2-3-5-21(18)36-24(23)30-26(32)35-14-22(33)31-29-13-16-8-11-19(27)20(28)12-16/h6-13H,2-5,14H2,1H3,(H,31,33). The van der Waals surface area contributed by atoms with Crippen LogP contribution in [0.1, 0.15) is 34.4 Å². The first kappa shape index (κ1) is 25.0. The number of benzene rings is 2. The third-order valence-electron chi connectivity index (χ3n) is 5.93. The van der Waals surface area contributed by atoms with Crippen molar-refractivity contribution in [3.8, 4) is 5.69 Å². The number of carbonyl (C=O) groups is 1. The second-order valence-electron chi connectivity index (χ2n) is 8.52. The molecule has 0 aliphatic heterocycles. The number of hydrogen-bond donors (Lipinski definition) is 1. The number of carbonyl (C=O) groups excluding carboxylic acids is 1. The van der Waals surface area contributed by atoms with Crippen molar-refractivity contribution in [1.82, 2.24) is 15.0 Å². The number of hydrazone groups is 1. The van der Waals surface area contributed by atoms with Crippen LogP contribution in [0.2, 0.25) is 10.0 Å². The Balaban J connectivity index is 1.41. The SMILES string of the molecule is Cc1ccc(-n2c(SCC(=O)NN=Cc3ccc(Cl)c(Cl)c3)nc3sc4c(c3c2=O)CCCC4)cc1. The molecule has 1 aliphatic carbocycles. The highest BCUT2D eigenvalue weighted by Crippen LogP contribution is 2.35. The maximum absolute atomic E-state index is 13.8. The molecule has 1 aliphatic rings. The first-order chi connectivity index (χ1) is 17.4. The van der Waals surface area contributed by atoms with E-state index >= 15 is 0 Å². The molecule has 4 aromatic rings. The summed E-state index contributed by atoms with van der Waals surface area (Å²) in [5, 5.41) is 6.06. The Bertz CT molecular complexity index is 1540. The lowest BCUT2D eigenvalue weighted by Crippen LogP contribution is -2.24. The first-order valence-corrected chi connectivity index (χ1v) is 14.0. The number of nitrogens with zero attached hydrogens (tertiary/aromatic N) is 3. The van der Waals surface area contributed by atoms with E-state index < -0.39 is 0 Å². The number of fused-ring (bicyclic) bond motifs is 3. The molecule has 2 heterocycles. The minimum atomic E-state index is -0.313. The Hall–Kier alpha value is -2.65. The van der Waals surface area contributed by atoms with Crippen LogP contribution in [0.25, 0.3) is 15.9 Å². The smallest absolute Gasteiger partial charge is 0.267 e. The molecular weight excluding hydrogens is 535 g/mol. The van der Waals surface area contributed by atoms with Crippen LogP contribution in [0.4, 0.5) is 0 Å². The molecule has 6 nitrogen and oxygen atoms in total. The Morgan fingerprint density at radius 2 is 1.94 bits per heavy atom. The van der Waals surface area contributed by atoms with Crippen LogP contribution in [0, 0.1) is 6.92 Å². The van der Waals surface area contributed by atoms with Gasteiger partial charge in [0.1, 0.15) is 4.83 Å². The van der Waals surface area contributed by atoms with Gasteiger partial charge < -0.3 is 0 Å². The van der Waals surface area contributed by atoms with E-state index in [1.54, 1.807) is 34.1 Å². The zero-order chi connectivity index (χ0) is 25.2. The van der Waals surface area contributed by atoms with Gasteiger partial charge in [0.15, 0.2) is 5.16 Å². The highest BCUT2D eigenvalue weighted by Gasteiger charge is 2.23. The third-order valence-corrected chi connectivity index (χ3v) is 8.79. The molecule has 0 spiro atoms. The Morgan fingerprint density at radius 1 is 1.17 bits per heavy atom. The van der Waals surface area contributed by atoms with Gasteiger partial charge in [0.25, 0.3) is 11.5 Å². The van der Waals surface area contributed by atoms with E-state index in [1.807, 2.05) is 31.2 Å². The van der Waals surface area contributed by atoms with Gasteiger partial charge in [-0.3, -0.25) is 14.2 Å². The molecule has 1 N–H and O–H groups in total. The van der Waals surface area contributed by atoms with Gasteiger partial charge in [-0.05, 0) is 68.0 Å². The summed E-state index contributed by atoms with van der Waals surface area (Å²) in [5.74, 6) is -0.264. The van der Waals surface area contributed by atoms with E-state index in [4.69, 9.17) is 28.2 Å². The van der Waals surface area contributed by atoms with E-state index in [1.165, 1.54) is 22.9 Å². The van der Waals surface area contributed by atoms with Crippen molar-refractivity contribution >= 4 is 68.6 Å². The summed E-state index contributed by atoms with van der Waals surface area (Å²) in [6.45, 7) is 2.00. The zero-order valence-electron chi connectivity index (χ0n) is 19.4. The van der Waals surface area contributed by atoms with Crippen molar-refractivity contribution in [3.05, 3.63) is 84.4 Å². The lowest BCUT2D eigenvalue weighted by atomic mass is 9.97. The lowest BCUT2D eigenvalue weighted by molar-refractivity contribution is -0.118. The fraction of sp³-hybridized carbons (Fsp3) is 0.231. The summed E-state index contributed by atoms with van der Waals surface area (Å²) in [4.78, 5) is 33.1. The number of amides is 1. The van der Waals surface area contributed by atoms with Crippen LogP contribution in [0.5, 0.6) is 0 Å². The lowest BCUT2D eigenvalue weighted by Gasteiger charge is -2.13. The van der Waals surface area contributed by atoms with Crippen LogP contribution in [0.15, 0.2) is 57.5 Å². The van der Waals surface area contributed by atoms with Crippen molar-refractivity contribution in [1.29, 1.82) is 0 Å². The van der Waals surface area contributed by atoms with Gasteiger partial charge in [-0.2, -0.15) is 5.10 Å². The number of thiophene rings is 1. The van der Waals surface area contributed by atoms with Crippen LogP contribution >= 0.6 is 46.3 Å². The van der Waals surface area contributed by atoms with E-state index in [0.29, 0.717) is 20.8 Å². The van der Waals surface area contributed by atoms with Crippen molar-refractivity contribution in [2.45, 2.75) is 37.8 Å². The summed E-state index contributed by atoms with van der Waals surface area (Å²) >= 11 is 14.8. The molecule has 0 bridgehead atoms. The van der Waals surface area contributed by atoms with E-state index in [9.17, 15) is 9.59 Å². The number of thioether (sulfide) groups is 1. The number of halogens is 2. The molecule has 0 fully saturated rings. The van der Waals surface area contributed by atoms with Crippen molar-refractivity contribution in [2.24, 2.45) is 5.10 Å². The fourth-order valence-electron chi connectivity index (χ4n) is 4.14. The average molecular weight is 558 g/mol. The summed E-state index contributed by atoms with van der Waals surface area (Å²) in [6.07, 6.45) is 5.61. The molecule has 1 amide bonds. The topological polar surface area (TPSA) is 76.3 Å². The van der Waals surface area contributed by atoms with E-state index in [2.05, 4.69) is 10.5 Å². The van der Waals surface area contributed by atoms with Crippen molar-refractivity contribution < 1.29 is 4.79 Å². The highest BCUT2D eigenvalue weighted by molar-refractivity contribution is 7.99. The number of hydrogen-bond acceptors (Lipinski definition) is 6. The number of nitrogens with one attached hydrogen (secondary N) is 1. The van der Waals surface area contributed by atoms with Gasteiger partial charge in [0, 0.05) is 4.88 Å². The second-order valence-corrected chi connectivity index (χ2v) is 11.4. The van der Waals surface area contributed by atoms with Crippen LogP contribution in [-0.2, 0) is 17.6 Å². The molecule has 0 radical (unpaired) electrons. The Morgan fingerprint density at radius 3 is 2.72 bits per heavy atom. The Kier molecular flexibility index (Phi) is 7.48. The number of aromatic nitrogens is 2. The van der Waals surface area contributed by atoms with E-state index in [0.717, 1.165) is 52.7 Å². The zero-order valence-corrected chi connectivity index (χ0v) is 22.5. The Labute approximate surface area is 226 Å². The molecule has 184 valence electrons. The van der Waals surface area contributed by atoms with Gasteiger partial charge >= 0.3 is 0 Å². The quantitative estimate of drug-likeness (QED) is 0.133. The maximum Gasteiger partial charge on any atom is 0.267 e. The largest absolute Gasteiger partial charge is 0.272 e. The summed E-state index contributed by atoms with van der Waals surface area (Å²) in [7, 11) is 0. The maximum atomic E-state index is 13.8. The predicted molar refractivity (Wildman–Crippen MR) is 150 cm³/mol. The highest BCUT2D eigenvalue weighted by atomic mass is 35.5. The third kappa shape index (κ3) is 5.22. The molecule has 0 saturated carbocycles. The molecule has 36 heavy (non-hydrogen) atoms. The molecule has 0 atom stereocenters. The summed E-state index contributed by atoms with van der Waals surface area (Å²) in [5.41, 5.74) is 6.12. The van der Waals surface area contributed by atoms with Crippen LogP contribution in [-0.4, -0.2) is 27.4 Å². The normalized spacial score (nSPS) is 13.3. The molecule has 2 aromatic carbocycles. The molecule has 0 unspecified atom stereocenters. The van der Waals surface area contributed by atoms with Crippen LogP contribution < -0.4 is 11.0 Å². The van der Waals surface area contributed by atoms with Gasteiger partial charge in [0.2, 0.25) is 0 Å².